The molecule has 0 nitrogen and oxygen atoms in total. The molecule has 3 rings (SSSR count). The predicted molar refractivity (Wildman–Crippen MR) is 110 cm³/mol. The van der Waals surface area contributed by atoms with Crippen molar-refractivity contribution in [3.05, 3.63) is 63.3 Å². The first-order chi connectivity index (χ1) is 11.2. The number of fused-ring (bicyclic) bond motifs is 1. The fraction of sp³-hybridized carbons (Fsp3) is 0.478. The van der Waals surface area contributed by atoms with E-state index in [0.29, 0.717) is 17.0 Å². The summed E-state index contributed by atoms with van der Waals surface area (Å²) >= 11 is 0. The fourth-order valence-electron chi connectivity index (χ4n) is 5.31. The number of benzene rings is 1. The van der Waals surface area contributed by atoms with Crippen LogP contribution in [0.4, 0.5) is 0 Å². The molecule has 1 aromatic rings. The second-order valence-electron chi connectivity index (χ2n) is 8.73. The van der Waals surface area contributed by atoms with Crippen molar-refractivity contribution in [1.29, 1.82) is 0 Å². The van der Waals surface area contributed by atoms with E-state index in [4.69, 9.17) is 0 Å². The lowest BCUT2D eigenvalue weighted by Gasteiger charge is -2.40. The van der Waals surface area contributed by atoms with Gasteiger partial charge in [-0.1, -0.05) is 74.0 Å². The average molecular weight is 337 g/mol. The van der Waals surface area contributed by atoms with Crippen molar-refractivity contribution in [2.24, 2.45) is 5.92 Å². The predicted octanol–water partition coefficient (Wildman–Crippen LogP) is 7.13. The molecule has 0 saturated carbocycles. The van der Waals surface area contributed by atoms with Gasteiger partial charge in [0.25, 0.3) is 0 Å². The van der Waals surface area contributed by atoms with Gasteiger partial charge in [-0.2, -0.15) is 0 Å². The summed E-state index contributed by atoms with van der Waals surface area (Å²) in [4.78, 5) is 0. The normalized spacial score (nSPS) is 21.9. The van der Waals surface area contributed by atoms with Gasteiger partial charge in [-0.3, -0.25) is 0 Å². The van der Waals surface area contributed by atoms with E-state index in [1.807, 2.05) is 0 Å². The summed E-state index contributed by atoms with van der Waals surface area (Å²) in [6, 6.07) is 9.10. The van der Waals surface area contributed by atoms with Crippen LogP contribution in [0.25, 0.3) is 6.08 Å². The van der Waals surface area contributed by atoms with E-state index in [-0.39, 0.29) is 0 Å². The fourth-order valence-corrected chi connectivity index (χ4v) is 10.6. The summed E-state index contributed by atoms with van der Waals surface area (Å²) in [5.74, 6) is 0.617. The number of allylic oxidation sites excluding steroid dienone is 5. The molecule has 0 radical (unpaired) electrons. The lowest BCUT2D eigenvalue weighted by molar-refractivity contribution is 0.732. The highest BCUT2D eigenvalue weighted by molar-refractivity contribution is 6.82. The van der Waals surface area contributed by atoms with Gasteiger partial charge in [0.2, 0.25) is 0 Å². The van der Waals surface area contributed by atoms with E-state index in [1.54, 1.807) is 33.4 Å². The third-order valence-electron chi connectivity index (χ3n) is 6.73. The summed E-state index contributed by atoms with van der Waals surface area (Å²) in [5, 5.41) is 0. The maximum atomic E-state index is 2.62. The van der Waals surface area contributed by atoms with Crippen molar-refractivity contribution in [2.45, 2.75) is 65.7 Å². The molecule has 24 heavy (non-hydrogen) atoms. The minimum atomic E-state index is -1.61. The smallest absolute Gasteiger partial charge is 0.0679 e. The lowest BCUT2D eigenvalue weighted by atomic mass is 10.0. The zero-order valence-corrected chi connectivity index (χ0v) is 17.6. The van der Waals surface area contributed by atoms with Gasteiger partial charge >= 0.3 is 0 Å². The first-order valence-electron chi connectivity index (χ1n) is 9.33. The quantitative estimate of drug-likeness (QED) is 0.515. The Bertz CT molecular complexity index is 747. The van der Waals surface area contributed by atoms with Crippen molar-refractivity contribution in [2.75, 3.05) is 0 Å². The minimum Gasteiger partial charge on any atom is -0.0679 e. The zero-order valence-electron chi connectivity index (χ0n) is 16.6. The van der Waals surface area contributed by atoms with E-state index in [1.165, 1.54) is 5.56 Å². The van der Waals surface area contributed by atoms with Gasteiger partial charge in [-0.15, -0.1) is 0 Å². The van der Waals surface area contributed by atoms with Crippen LogP contribution in [0.15, 0.2) is 52.1 Å². The van der Waals surface area contributed by atoms with Crippen molar-refractivity contribution in [1.82, 2.24) is 0 Å². The zero-order chi connectivity index (χ0) is 17.8. The van der Waals surface area contributed by atoms with Gasteiger partial charge in [0.15, 0.2) is 0 Å². The summed E-state index contributed by atoms with van der Waals surface area (Å²) < 4.78 is 0. The SMILES string of the molecule is CC1=C(C)C([Si](C)(C)C2C(C(C)C)=Cc3ccccc32)C(C)=C1C. The van der Waals surface area contributed by atoms with E-state index in [9.17, 15) is 0 Å². The molecule has 1 unspecified atom stereocenters. The molecular weight excluding hydrogens is 304 g/mol. The molecule has 0 saturated heterocycles. The van der Waals surface area contributed by atoms with Crippen LogP contribution in [0.5, 0.6) is 0 Å². The second-order valence-corrected chi connectivity index (χ2v) is 13.5. The topological polar surface area (TPSA) is 0 Å². The van der Waals surface area contributed by atoms with Crippen molar-refractivity contribution in [3.8, 4) is 0 Å². The summed E-state index contributed by atoms with van der Waals surface area (Å²) in [7, 11) is -1.61. The van der Waals surface area contributed by atoms with Crippen molar-refractivity contribution in [3.63, 3.8) is 0 Å². The maximum absolute atomic E-state index is 2.62. The third-order valence-corrected chi connectivity index (χ3v) is 11.2. The van der Waals surface area contributed by atoms with Crippen LogP contribution < -0.4 is 0 Å². The Morgan fingerprint density at radius 2 is 1.38 bits per heavy atom. The van der Waals surface area contributed by atoms with Gasteiger partial charge in [-0.25, -0.2) is 0 Å². The largest absolute Gasteiger partial charge is 0.0718 e. The highest BCUT2D eigenvalue weighted by Gasteiger charge is 2.47. The van der Waals surface area contributed by atoms with E-state index < -0.39 is 8.07 Å². The highest BCUT2D eigenvalue weighted by Crippen LogP contribution is 2.55. The molecule has 0 aliphatic heterocycles. The maximum Gasteiger partial charge on any atom is 0.0718 e. The lowest BCUT2D eigenvalue weighted by Crippen LogP contribution is -2.42. The average Bonchev–Trinajstić information content (AvgIpc) is 3.01. The van der Waals surface area contributed by atoms with E-state index in [2.05, 4.69) is 85.0 Å². The molecule has 1 aromatic carbocycles. The molecule has 2 aliphatic carbocycles. The Balaban J connectivity index is 2.15. The van der Waals surface area contributed by atoms with Crippen LogP contribution in [0, 0.1) is 5.92 Å². The van der Waals surface area contributed by atoms with Crippen LogP contribution in [0.2, 0.25) is 18.6 Å². The Labute approximate surface area is 149 Å². The summed E-state index contributed by atoms with van der Waals surface area (Å²) in [5.41, 5.74) is 12.4. The first kappa shape index (κ1) is 17.5. The standard InChI is InChI=1S/C23H32Si/c1-14(2)21-13-19-11-9-10-12-20(19)23(21)24(7,8)22-17(5)15(3)16(4)18(22)6/h9-14,22-23H,1-8H3. The molecule has 1 atom stereocenters. The van der Waals surface area contributed by atoms with Crippen LogP contribution in [0.1, 0.15) is 58.2 Å². The number of rotatable bonds is 3. The molecule has 0 spiro atoms. The van der Waals surface area contributed by atoms with Crippen molar-refractivity contribution >= 4 is 14.1 Å². The minimum absolute atomic E-state index is 0.617. The van der Waals surface area contributed by atoms with E-state index >= 15 is 0 Å². The Morgan fingerprint density at radius 1 is 0.833 bits per heavy atom. The Kier molecular flexibility index (Phi) is 4.28. The van der Waals surface area contributed by atoms with Gasteiger partial charge in [-0.05, 0) is 61.4 Å². The van der Waals surface area contributed by atoms with Gasteiger partial charge < -0.3 is 0 Å². The molecule has 2 aliphatic rings. The number of hydrogen-bond donors (Lipinski definition) is 0. The second kappa shape index (κ2) is 5.88. The molecule has 0 amide bonds. The van der Waals surface area contributed by atoms with Gasteiger partial charge in [0.1, 0.15) is 0 Å². The molecule has 128 valence electrons. The summed E-state index contributed by atoms with van der Waals surface area (Å²) in [6.07, 6.45) is 2.49. The molecule has 0 fully saturated rings. The first-order valence-corrected chi connectivity index (χ1v) is 12.5. The van der Waals surface area contributed by atoms with Crippen LogP contribution in [-0.2, 0) is 0 Å². The highest BCUT2D eigenvalue weighted by atomic mass is 28.3. The third kappa shape index (κ3) is 2.40. The molecule has 0 aromatic heterocycles. The Morgan fingerprint density at radius 3 is 1.92 bits per heavy atom. The van der Waals surface area contributed by atoms with Crippen LogP contribution >= 0.6 is 0 Å². The molecule has 0 bridgehead atoms. The molecular formula is C23H32Si. The monoisotopic (exact) mass is 336 g/mol. The molecule has 0 N–H and O–H groups in total. The number of hydrogen-bond acceptors (Lipinski definition) is 0. The summed E-state index contributed by atoms with van der Waals surface area (Å²) in [6.45, 7) is 19.4. The Hall–Kier alpha value is -1.34. The van der Waals surface area contributed by atoms with Crippen molar-refractivity contribution < 1.29 is 0 Å². The molecule has 1 heteroatoms. The van der Waals surface area contributed by atoms with Gasteiger partial charge in [0.05, 0.1) is 8.07 Å². The van der Waals surface area contributed by atoms with Gasteiger partial charge in [0, 0.05) is 5.54 Å². The molecule has 0 heterocycles. The van der Waals surface area contributed by atoms with Crippen LogP contribution in [0.3, 0.4) is 0 Å². The van der Waals surface area contributed by atoms with E-state index in [0.717, 1.165) is 0 Å². The van der Waals surface area contributed by atoms with Crippen LogP contribution in [-0.4, -0.2) is 8.07 Å².